The lowest BCUT2D eigenvalue weighted by Crippen LogP contribution is -2.50. The van der Waals surface area contributed by atoms with Gasteiger partial charge in [0.15, 0.2) is 0 Å². The summed E-state index contributed by atoms with van der Waals surface area (Å²) >= 11 is 0. The van der Waals surface area contributed by atoms with E-state index in [9.17, 15) is 18.0 Å². The van der Waals surface area contributed by atoms with Gasteiger partial charge in [0.1, 0.15) is 6.04 Å². The van der Waals surface area contributed by atoms with Crippen molar-refractivity contribution >= 4 is 5.91 Å². The normalized spacial score (nSPS) is 18.1. The summed E-state index contributed by atoms with van der Waals surface area (Å²) in [5.74, 6) is -0.352. The number of halogens is 3. The highest BCUT2D eigenvalue weighted by atomic mass is 19.4. The molecule has 2 rings (SSSR count). The van der Waals surface area contributed by atoms with E-state index in [2.05, 4.69) is 5.43 Å². The van der Waals surface area contributed by atoms with Crippen molar-refractivity contribution in [3.63, 3.8) is 0 Å². The lowest BCUT2D eigenvalue weighted by atomic mass is 10.0. The molecule has 0 saturated carbocycles. The number of carbonyl (C=O) groups is 1. The van der Waals surface area contributed by atoms with Gasteiger partial charge in [-0.15, -0.1) is 0 Å². The molecule has 0 aromatic heterocycles. The first-order valence-corrected chi connectivity index (χ1v) is 6.54. The monoisotopic (exact) mass is 286 g/mol. The Hall–Kier alpha value is -1.56. The fourth-order valence-electron chi connectivity index (χ4n) is 2.39. The first kappa shape index (κ1) is 14.8. The third-order valence-corrected chi connectivity index (χ3v) is 3.39. The summed E-state index contributed by atoms with van der Waals surface area (Å²) in [4.78, 5) is 11.1. The molecule has 1 fully saturated rings. The van der Waals surface area contributed by atoms with Crippen molar-refractivity contribution in [3.8, 4) is 0 Å². The average Bonchev–Trinajstić information content (AvgIpc) is 2.74. The van der Waals surface area contributed by atoms with Crippen LogP contribution in [-0.2, 0) is 11.2 Å². The minimum absolute atomic E-state index is 0.0623. The minimum atomic E-state index is -4.35. The minimum Gasteiger partial charge on any atom is -0.288 e. The van der Waals surface area contributed by atoms with Crippen LogP contribution in [0.2, 0.25) is 0 Å². The van der Waals surface area contributed by atoms with Crippen molar-refractivity contribution < 1.29 is 18.0 Å². The second-order valence-corrected chi connectivity index (χ2v) is 5.06. The van der Waals surface area contributed by atoms with Crippen LogP contribution in [0.3, 0.4) is 0 Å². The Morgan fingerprint density at radius 1 is 1.40 bits per heavy atom. The first-order valence-electron chi connectivity index (χ1n) is 6.54. The number of benzene rings is 1. The van der Waals surface area contributed by atoms with Gasteiger partial charge in [0.2, 0.25) is 5.91 Å². The molecular weight excluding hydrogens is 269 g/mol. The predicted octanol–water partition coefficient (Wildman–Crippen LogP) is 2.60. The van der Waals surface area contributed by atoms with Gasteiger partial charge >= 0.3 is 6.18 Å². The summed E-state index contributed by atoms with van der Waals surface area (Å²) in [5.41, 5.74) is 4.19. The van der Waals surface area contributed by atoms with E-state index in [4.69, 9.17) is 0 Å². The predicted molar refractivity (Wildman–Crippen MR) is 68.8 cm³/mol. The number of alkyl halides is 3. The van der Waals surface area contributed by atoms with Crippen molar-refractivity contribution in [2.24, 2.45) is 0 Å². The van der Waals surface area contributed by atoms with Crippen molar-refractivity contribution in [1.82, 2.24) is 10.4 Å². The van der Waals surface area contributed by atoms with Gasteiger partial charge in [0, 0.05) is 13.0 Å². The number of aryl methyl sites for hydroxylation is 2. The highest BCUT2D eigenvalue weighted by Crippen LogP contribution is 2.29. The van der Waals surface area contributed by atoms with E-state index in [0.717, 1.165) is 16.1 Å². The highest BCUT2D eigenvalue weighted by Gasteiger charge is 2.45. The molecular formula is C14H17F3N2O. The van der Waals surface area contributed by atoms with Crippen molar-refractivity contribution in [2.45, 2.75) is 38.4 Å². The first-order chi connectivity index (χ1) is 9.36. The van der Waals surface area contributed by atoms with Crippen LogP contribution in [0.15, 0.2) is 24.3 Å². The highest BCUT2D eigenvalue weighted by molar-refractivity contribution is 5.77. The van der Waals surface area contributed by atoms with Crippen LogP contribution >= 0.6 is 0 Å². The number of rotatable bonds is 4. The fraction of sp³-hybridized carbons (Fsp3) is 0.500. The van der Waals surface area contributed by atoms with Crippen LogP contribution in [0.5, 0.6) is 0 Å². The number of hydrogen-bond acceptors (Lipinski definition) is 2. The second-order valence-electron chi connectivity index (χ2n) is 5.06. The maximum atomic E-state index is 13.1. The Balaban J connectivity index is 2.03. The molecule has 6 heteroatoms. The van der Waals surface area contributed by atoms with Crippen molar-refractivity contribution in [2.75, 3.05) is 6.54 Å². The van der Waals surface area contributed by atoms with Crippen LogP contribution in [-0.4, -0.2) is 29.7 Å². The number of hydrazine groups is 1. The summed E-state index contributed by atoms with van der Waals surface area (Å²) in [6.07, 6.45) is -3.95. The van der Waals surface area contributed by atoms with Gasteiger partial charge in [0.05, 0.1) is 0 Å². The van der Waals surface area contributed by atoms with Crippen LogP contribution < -0.4 is 5.43 Å². The van der Waals surface area contributed by atoms with E-state index in [1.165, 1.54) is 0 Å². The fourth-order valence-corrected chi connectivity index (χ4v) is 2.39. The quantitative estimate of drug-likeness (QED) is 0.922. The Labute approximate surface area is 115 Å². The van der Waals surface area contributed by atoms with Crippen LogP contribution in [0, 0.1) is 6.92 Å². The maximum absolute atomic E-state index is 13.1. The number of hydrogen-bond donors (Lipinski definition) is 1. The van der Waals surface area contributed by atoms with Crippen molar-refractivity contribution in [1.29, 1.82) is 0 Å². The lowest BCUT2D eigenvalue weighted by Gasteiger charge is -2.28. The topological polar surface area (TPSA) is 32.3 Å². The zero-order valence-electron chi connectivity index (χ0n) is 11.2. The van der Waals surface area contributed by atoms with Gasteiger partial charge in [-0.1, -0.05) is 29.8 Å². The molecule has 1 saturated heterocycles. The molecule has 110 valence electrons. The SMILES string of the molecule is Cc1cccc(CCC(N2CCC(=O)N2)C(F)(F)F)c1. The van der Waals surface area contributed by atoms with Gasteiger partial charge in [0.25, 0.3) is 0 Å². The third-order valence-electron chi connectivity index (χ3n) is 3.39. The van der Waals surface area contributed by atoms with Crippen molar-refractivity contribution in [3.05, 3.63) is 35.4 Å². The van der Waals surface area contributed by atoms with E-state index in [-0.39, 0.29) is 25.3 Å². The largest absolute Gasteiger partial charge is 0.405 e. The Morgan fingerprint density at radius 3 is 2.70 bits per heavy atom. The molecule has 1 heterocycles. The van der Waals surface area contributed by atoms with E-state index in [0.29, 0.717) is 6.42 Å². The molecule has 0 spiro atoms. The van der Waals surface area contributed by atoms with Gasteiger partial charge in [-0.3, -0.25) is 10.2 Å². The smallest absolute Gasteiger partial charge is 0.288 e. The van der Waals surface area contributed by atoms with Gasteiger partial charge in [-0.05, 0) is 25.3 Å². The van der Waals surface area contributed by atoms with Gasteiger partial charge in [-0.25, -0.2) is 5.01 Å². The zero-order valence-corrected chi connectivity index (χ0v) is 11.2. The lowest BCUT2D eigenvalue weighted by molar-refractivity contribution is -0.189. The molecule has 0 aliphatic carbocycles. The standard InChI is InChI=1S/C14H17F3N2O/c1-10-3-2-4-11(9-10)5-6-12(14(15,16)17)19-8-7-13(20)18-19/h2-4,9,12H,5-8H2,1H3,(H,18,20). The number of carbonyl (C=O) groups excluding carboxylic acids is 1. The molecule has 1 aliphatic heterocycles. The molecule has 0 radical (unpaired) electrons. The van der Waals surface area contributed by atoms with E-state index >= 15 is 0 Å². The van der Waals surface area contributed by atoms with E-state index in [1.807, 2.05) is 31.2 Å². The van der Waals surface area contributed by atoms with E-state index in [1.54, 1.807) is 0 Å². The van der Waals surface area contributed by atoms with E-state index < -0.39 is 12.2 Å². The molecule has 0 bridgehead atoms. The summed E-state index contributed by atoms with van der Waals surface area (Å²) in [7, 11) is 0. The summed E-state index contributed by atoms with van der Waals surface area (Å²) < 4.78 is 39.3. The molecule has 1 amide bonds. The number of amides is 1. The molecule has 3 nitrogen and oxygen atoms in total. The molecule has 20 heavy (non-hydrogen) atoms. The molecule has 1 aromatic rings. The number of nitrogens with one attached hydrogen (secondary N) is 1. The second kappa shape index (κ2) is 5.83. The summed E-state index contributed by atoms with van der Waals surface area (Å²) in [5, 5.41) is 1.01. The van der Waals surface area contributed by atoms with Crippen LogP contribution in [0.1, 0.15) is 24.0 Å². The summed E-state index contributed by atoms with van der Waals surface area (Å²) in [6.45, 7) is 2.02. The van der Waals surface area contributed by atoms with Gasteiger partial charge in [-0.2, -0.15) is 13.2 Å². The Morgan fingerprint density at radius 2 is 2.15 bits per heavy atom. The Kier molecular flexibility index (Phi) is 4.32. The Bertz CT molecular complexity index is 488. The molecule has 1 aromatic carbocycles. The number of nitrogens with zero attached hydrogens (tertiary/aromatic N) is 1. The molecule has 1 atom stereocenters. The summed E-state index contributed by atoms with van der Waals surface area (Å²) in [6, 6.07) is 5.82. The molecule has 1 unspecified atom stereocenters. The zero-order chi connectivity index (χ0) is 14.8. The maximum Gasteiger partial charge on any atom is 0.405 e. The third kappa shape index (κ3) is 3.72. The molecule has 1 N–H and O–H groups in total. The van der Waals surface area contributed by atoms with Crippen LogP contribution in [0.25, 0.3) is 0 Å². The van der Waals surface area contributed by atoms with Gasteiger partial charge < -0.3 is 0 Å². The van der Waals surface area contributed by atoms with Crippen LogP contribution in [0.4, 0.5) is 13.2 Å². The average molecular weight is 286 g/mol. The molecule has 1 aliphatic rings.